The van der Waals surface area contributed by atoms with Gasteiger partial charge in [0, 0.05) is 5.69 Å². The number of carbonyl (C=O) groups excluding carboxylic acids is 1. The number of alkyl halides is 3. The third-order valence-electron chi connectivity index (χ3n) is 4.30. The molecule has 11 heteroatoms. The predicted molar refractivity (Wildman–Crippen MR) is 110 cm³/mol. The summed E-state index contributed by atoms with van der Waals surface area (Å²) in [4.78, 5) is 12.0. The van der Waals surface area contributed by atoms with Crippen LogP contribution in [0.2, 0.25) is 0 Å². The zero-order valence-corrected chi connectivity index (χ0v) is 16.8. The highest BCUT2D eigenvalue weighted by Crippen LogP contribution is 2.35. The second-order valence-electron chi connectivity index (χ2n) is 6.50. The molecule has 1 amide bonds. The normalized spacial score (nSPS) is 11.5. The first-order chi connectivity index (χ1) is 15.0. The summed E-state index contributed by atoms with van der Waals surface area (Å²) in [6.45, 7) is 0. The first-order valence-electron chi connectivity index (χ1n) is 8.85. The highest BCUT2D eigenvalue weighted by molar-refractivity contribution is 7.86. The van der Waals surface area contributed by atoms with E-state index >= 15 is 0 Å². The van der Waals surface area contributed by atoms with Gasteiger partial charge in [-0.3, -0.25) is 9.35 Å². The molecule has 3 aromatic rings. The lowest BCUT2D eigenvalue weighted by molar-refractivity contribution is -0.137. The molecule has 3 N–H and O–H groups in total. The topological polar surface area (TPSA) is 119 Å². The van der Waals surface area contributed by atoms with E-state index < -0.39 is 38.2 Å². The number of rotatable bonds is 5. The minimum absolute atomic E-state index is 0.0837. The molecule has 0 bridgehead atoms. The van der Waals surface area contributed by atoms with Crippen molar-refractivity contribution in [3.63, 3.8) is 0 Å². The Labute approximate surface area is 180 Å². The molecule has 32 heavy (non-hydrogen) atoms. The Kier molecular flexibility index (Phi) is 6.20. The molecule has 0 radical (unpaired) electrons. The van der Waals surface area contributed by atoms with Crippen LogP contribution >= 0.6 is 0 Å². The summed E-state index contributed by atoms with van der Waals surface area (Å²) in [5.74, 6) is -1.04. The zero-order valence-electron chi connectivity index (χ0n) is 16.0. The fourth-order valence-electron chi connectivity index (χ4n) is 2.79. The first-order valence-corrected chi connectivity index (χ1v) is 10.3. The van der Waals surface area contributed by atoms with Crippen molar-refractivity contribution < 1.29 is 30.9 Å². The van der Waals surface area contributed by atoms with Crippen LogP contribution < -0.4 is 10.6 Å². The van der Waals surface area contributed by atoms with Gasteiger partial charge in [0.2, 0.25) is 0 Å². The van der Waals surface area contributed by atoms with Crippen LogP contribution in [0.1, 0.15) is 21.5 Å². The maximum Gasteiger partial charge on any atom is 0.416 e. The average Bonchev–Trinajstić information content (AvgIpc) is 2.74. The fourth-order valence-corrected chi connectivity index (χ4v) is 3.47. The number of hydrogen-bond acceptors (Lipinski definition) is 5. The first kappa shape index (κ1) is 22.8. The third kappa shape index (κ3) is 5.23. The highest BCUT2D eigenvalue weighted by Gasteiger charge is 2.31. The molecule has 0 aliphatic heterocycles. The van der Waals surface area contributed by atoms with Crippen molar-refractivity contribution >= 4 is 33.1 Å². The van der Waals surface area contributed by atoms with E-state index in [1.54, 1.807) is 0 Å². The van der Waals surface area contributed by atoms with E-state index in [1.807, 2.05) is 6.07 Å². The van der Waals surface area contributed by atoms with Crippen molar-refractivity contribution in [1.29, 1.82) is 5.26 Å². The van der Waals surface area contributed by atoms with Gasteiger partial charge in [0.05, 0.1) is 34.1 Å². The minimum Gasteiger partial charge on any atom is -0.354 e. The lowest BCUT2D eigenvalue weighted by atomic mass is 10.1. The van der Waals surface area contributed by atoms with Gasteiger partial charge in [-0.1, -0.05) is 12.1 Å². The van der Waals surface area contributed by atoms with Crippen molar-refractivity contribution in [1.82, 2.24) is 0 Å². The predicted octanol–water partition coefficient (Wildman–Crippen LogP) is 4.82. The van der Waals surface area contributed by atoms with Gasteiger partial charge in [-0.05, 0) is 54.6 Å². The Hall–Kier alpha value is -3.88. The van der Waals surface area contributed by atoms with Crippen LogP contribution in [0, 0.1) is 11.3 Å². The van der Waals surface area contributed by atoms with Crippen molar-refractivity contribution in [3.8, 4) is 6.07 Å². The number of carbonyl (C=O) groups is 1. The third-order valence-corrected chi connectivity index (χ3v) is 5.21. The lowest BCUT2D eigenvalue weighted by Crippen LogP contribution is -2.17. The minimum atomic E-state index is -4.75. The molecule has 0 aliphatic carbocycles. The van der Waals surface area contributed by atoms with E-state index in [0.29, 0.717) is 17.3 Å². The molecular weight excluding hydrogens is 447 g/mol. The number of nitrogens with one attached hydrogen (secondary N) is 2. The van der Waals surface area contributed by atoms with Crippen LogP contribution in [0.4, 0.5) is 30.2 Å². The van der Waals surface area contributed by atoms with Crippen molar-refractivity contribution in [3.05, 3.63) is 83.4 Å². The van der Waals surface area contributed by atoms with Gasteiger partial charge in [0.25, 0.3) is 16.0 Å². The lowest BCUT2D eigenvalue weighted by Gasteiger charge is -2.17. The summed E-state index contributed by atoms with van der Waals surface area (Å²) in [5.41, 5.74) is -0.881. The van der Waals surface area contributed by atoms with E-state index in [1.165, 1.54) is 36.4 Å². The summed E-state index contributed by atoms with van der Waals surface area (Å²) in [6.07, 6.45) is -4.70. The Morgan fingerprint density at radius 3 is 2.22 bits per heavy atom. The van der Waals surface area contributed by atoms with Crippen LogP contribution in [0.3, 0.4) is 0 Å². The Morgan fingerprint density at radius 2 is 1.62 bits per heavy atom. The molecule has 0 heterocycles. The van der Waals surface area contributed by atoms with Crippen molar-refractivity contribution in [2.24, 2.45) is 0 Å². The quantitative estimate of drug-likeness (QED) is 0.469. The Morgan fingerprint density at radius 1 is 0.969 bits per heavy atom. The number of halogens is 3. The Bertz CT molecular complexity index is 1320. The van der Waals surface area contributed by atoms with E-state index in [2.05, 4.69) is 10.6 Å². The van der Waals surface area contributed by atoms with Gasteiger partial charge in [-0.15, -0.1) is 0 Å². The molecule has 3 aromatic carbocycles. The van der Waals surface area contributed by atoms with Gasteiger partial charge in [0.15, 0.2) is 0 Å². The number of anilines is 3. The molecule has 0 saturated carbocycles. The second kappa shape index (κ2) is 8.70. The molecule has 3 rings (SSSR count). The SMILES string of the molecule is N#Cc1ccc(Nc2ccc(C(F)(F)F)cc2NC(=O)c2ccccc2S(=O)(=O)O)cc1. The van der Waals surface area contributed by atoms with E-state index in [0.717, 1.165) is 24.3 Å². The summed E-state index contributed by atoms with van der Waals surface area (Å²) in [5, 5.41) is 14.0. The molecule has 0 atom stereocenters. The molecule has 0 fully saturated rings. The fraction of sp³-hybridized carbons (Fsp3) is 0.0476. The molecule has 0 saturated heterocycles. The van der Waals surface area contributed by atoms with E-state index in [-0.39, 0.29) is 11.4 Å². The molecule has 0 spiro atoms. The molecule has 0 aliphatic rings. The van der Waals surface area contributed by atoms with Gasteiger partial charge in [0.1, 0.15) is 4.90 Å². The van der Waals surface area contributed by atoms with E-state index in [9.17, 15) is 30.9 Å². The number of nitrogens with zero attached hydrogens (tertiary/aromatic N) is 1. The van der Waals surface area contributed by atoms with Gasteiger partial charge >= 0.3 is 6.18 Å². The van der Waals surface area contributed by atoms with Crippen molar-refractivity contribution in [2.75, 3.05) is 10.6 Å². The summed E-state index contributed by atoms with van der Waals surface area (Å²) >= 11 is 0. The number of nitriles is 1. The molecule has 0 aromatic heterocycles. The summed E-state index contributed by atoms with van der Waals surface area (Å²) in [6, 6.07) is 15.3. The zero-order chi connectivity index (χ0) is 23.5. The summed E-state index contributed by atoms with van der Waals surface area (Å²) < 4.78 is 72.1. The molecule has 0 unspecified atom stereocenters. The van der Waals surface area contributed by atoms with E-state index in [4.69, 9.17) is 5.26 Å². The average molecular weight is 461 g/mol. The standard InChI is InChI=1S/C21H14F3N3O4S/c22-21(23,24)14-7-10-17(26-15-8-5-13(12-25)6-9-15)18(11-14)27-20(28)16-3-1-2-4-19(16)32(29,30)31/h1-11,26H,(H,27,28)(H,29,30,31). The van der Waals surface area contributed by atoms with Gasteiger partial charge in [-0.2, -0.15) is 26.9 Å². The largest absolute Gasteiger partial charge is 0.416 e. The van der Waals surface area contributed by atoms with Gasteiger partial charge < -0.3 is 10.6 Å². The van der Waals surface area contributed by atoms with Gasteiger partial charge in [-0.25, -0.2) is 0 Å². The Balaban J connectivity index is 2.01. The number of amides is 1. The molecule has 7 nitrogen and oxygen atoms in total. The summed E-state index contributed by atoms with van der Waals surface area (Å²) in [7, 11) is -4.75. The molecular formula is C21H14F3N3O4S. The van der Waals surface area contributed by atoms with Crippen LogP contribution in [-0.4, -0.2) is 18.9 Å². The molecule has 164 valence electrons. The monoisotopic (exact) mass is 461 g/mol. The number of benzene rings is 3. The van der Waals surface area contributed by atoms with Crippen LogP contribution in [0.15, 0.2) is 71.6 Å². The van der Waals surface area contributed by atoms with Crippen LogP contribution in [-0.2, 0) is 16.3 Å². The highest BCUT2D eigenvalue weighted by atomic mass is 32.2. The van der Waals surface area contributed by atoms with Crippen LogP contribution in [0.25, 0.3) is 0 Å². The number of hydrogen-bond donors (Lipinski definition) is 3. The van der Waals surface area contributed by atoms with Crippen molar-refractivity contribution in [2.45, 2.75) is 11.1 Å². The smallest absolute Gasteiger partial charge is 0.354 e. The maximum absolute atomic E-state index is 13.2. The second-order valence-corrected chi connectivity index (χ2v) is 7.89. The maximum atomic E-state index is 13.2. The van der Waals surface area contributed by atoms with Crippen LogP contribution in [0.5, 0.6) is 0 Å².